The van der Waals surface area contributed by atoms with Gasteiger partial charge < -0.3 is 11.1 Å². The first-order chi connectivity index (χ1) is 14.7. The van der Waals surface area contributed by atoms with Gasteiger partial charge in [-0.3, -0.25) is 4.79 Å². The number of benzene rings is 2. The summed E-state index contributed by atoms with van der Waals surface area (Å²) in [6.07, 6.45) is 4.75. The van der Waals surface area contributed by atoms with E-state index in [1.54, 1.807) is 6.21 Å². The number of unbranched alkanes of at least 4 members (excludes halogenated alkanes) is 2. The van der Waals surface area contributed by atoms with Crippen LogP contribution >= 0.6 is 0 Å². The number of anilines is 1. The number of hydrogen-bond donors (Lipinski definition) is 2. The normalized spacial score (nSPS) is 11.5. The summed E-state index contributed by atoms with van der Waals surface area (Å²) in [5, 5.41) is 7.46. The fourth-order valence-corrected chi connectivity index (χ4v) is 3.32. The second kappa shape index (κ2) is 8.73. The van der Waals surface area contributed by atoms with E-state index < -0.39 is 0 Å². The lowest BCUT2D eigenvalue weighted by atomic mass is 10.2. The van der Waals surface area contributed by atoms with Crippen molar-refractivity contribution in [3.63, 3.8) is 0 Å². The molecular formula is C23H24N6O. The van der Waals surface area contributed by atoms with E-state index in [9.17, 15) is 4.79 Å². The number of nitrogen functional groups attached to an aromatic ring is 1. The molecule has 152 valence electrons. The number of nitrogens with one attached hydrogen (secondary N) is 1. The molecule has 0 aliphatic heterocycles. The molecule has 0 unspecified atom stereocenters. The number of rotatable bonds is 7. The predicted octanol–water partition coefficient (Wildman–Crippen LogP) is 3.97. The standard InChI is InChI=1S/C23H24N6O/c1-2-3-9-14-25-23(30)19-20-22(28-18-13-8-7-12-17(18)27-20)29(21(19)24)26-15-16-10-5-4-6-11-16/h4-8,10-13,15H,2-3,9,14,24H2,1H3,(H,25,30)/b26-15+. The van der Waals surface area contributed by atoms with Crippen molar-refractivity contribution < 1.29 is 4.79 Å². The van der Waals surface area contributed by atoms with Crippen molar-refractivity contribution in [3.8, 4) is 0 Å². The Kier molecular flexibility index (Phi) is 5.70. The highest BCUT2D eigenvalue weighted by Crippen LogP contribution is 2.27. The van der Waals surface area contributed by atoms with Crippen LogP contribution in [-0.4, -0.2) is 33.3 Å². The zero-order valence-electron chi connectivity index (χ0n) is 16.9. The van der Waals surface area contributed by atoms with E-state index in [4.69, 9.17) is 10.7 Å². The van der Waals surface area contributed by atoms with Gasteiger partial charge in [0.1, 0.15) is 16.9 Å². The first-order valence-corrected chi connectivity index (χ1v) is 10.1. The molecule has 0 radical (unpaired) electrons. The second-order valence-corrected chi connectivity index (χ2v) is 7.07. The fourth-order valence-electron chi connectivity index (χ4n) is 3.32. The molecule has 0 fully saturated rings. The SMILES string of the molecule is CCCCCNC(=O)c1c(N)n(/N=C/c2ccccc2)c2nc3ccccc3nc12. The molecule has 7 heteroatoms. The number of carbonyl (C=O) groups excluding carboxylic acids is 1. The molecular weight excluding hydrogens is 376 g/mol. The minimum absolute atomic E-state index is 0.223. The zero-order valence-corrected chi connectivity index (χ0v) is 16.9. The van der Waals surface area contributed by atoms with E-state index in [0.717, 1.165) is 24.8 Å². The Bertz CT molecular complexity index is 1210. The molecule has 2 aromatic carbocycles. The molecule has 0 saturated heterocycles. The molecule has 0 spiro atoms. The van der Waals surface area contributed by atoms with Gasteiger partial charge in [0.25, 0.3) is 5.91 Å². The zero-order chi connectivity index (χ0) is 20.9. The Balaban J connectivity index is 1.81. The summed E-state index contributed by atoms with van der Waals surface area (Å²) in [5.41, 5.74) is 9.93. The van der Waals surface area contributed by atoms with Crippen LogP contribution in [0.4, 0.5) is 5.82 Å². The highest BCUT2D eigenvalue weighted by atomic mass is 16.1. The summed E-state index contributed by atoms with van der Waals surface area (Å²) in [5.74, 6) is -0.0349. The number of nitrogens with zero attached hydrogens (tertiary/aromatic N) is 4. The van der Waals surface area contributed by atoms with Crippen LogP contribution in [0.5, 0.6) is 0 Å². The molecule has 4 rings (SSSR count). The van der Waals surface area contributed by atoms with Crippen molar-refractivity contribution in [2.75, 3.05) is 12.3 Å². The van der Waals surface area contributed by atoms with Crippen LogP contribution in [0.2, 0.25) is 0 Å². The molecule has 7 nitrogen and oxygen atoms in total. The van der Waals surface area contributed by atoms with Gasteiger partial charge in [0.2, 0.25) is 0 Å². The van der Waals surface area contributed by atoms with Crippen LogP contribution in [-0.2, 0) is 0 Å². The van der Waals surface area contributed by atoms with E-state index in [2.05, 4.69) is 22.3 Å². The molecule has 0 saturated carbocycles. The van der Waals surface area contributed by atoms with Crippen molar-refractivity contribution in [1.29, 1.82) is 0 Å². The van der Waals surface area contributed by atoms with Gasteiger partial charge in [-0.15, -0.1) is 0 Å². The number of nitrogens with two attached hydrogens (primary N) is 1. The minimum Gasteiger partial charge on any atom is -0.383 e. The highest BCUT2D eigenvalue weighted by molar-refractivity contribution is 6.10. The Morgan fingerprint density at radius 1 is 1.07 bits per heavy atom. The van der Waals surface area contributed by atoms with Gasteiger partial charge in [0.05, 0.1) is 17.2 Å². The average Bonchev–Trinajstić information content (AvgIpc) is 3.04. The Hall–Kier alpha value is -3.74. The van der Waals surface area contributed by atoms with E-state index in [1.807, 2.05) is 54.6 Å². The van der Waals surface area contributed by atoms with Crippen molar-refractivity contribution in [3.05, 3.63) is 65.7 Å². The first-order valence-electron chi connectivity index (χ1n) is 10.1. The van der Waals surface area contributed by atoms with Gasteiger partial charge in [0.15, 0.2) is 5.65 Å². The van der Waals surface area contributed by atoms with Crippen LogP contribution in [0.3, 0.4) is 0 Å². The number of para-hydroxylation sites is 2. The monoisotopic (exact) mass is 400 g/mol. The number of fused-ring (bicyclic) bond motifs is 2. The summed E-state index contributed by atoms with van der Waals surface area (Å²) in [7, 11) is 0. The third-order valence-corrected chi connectivity index (χ3v) is 4.89. The lowest BCUT2D eigenvalue weighted by Gasteiger charge is -2.04. The molecule has 0 aliphatic rings. The van der Waals surface area contributed by atoms with Crippen molar-refractivity contribution in [1.82, 2.24) is 20.0 Å². The average molecular weight is 400 g/mol. The smallest absolute Gasteiger partial charge is 0.257 e. The van der Waals surface area contributed by atoms with Crippen molar-refractivity contribution in [2.24, 2.45) is 5.10 Å². The summed E-state index contributed by atoms with van der Waals surface area (Å²) in [6, 6.07) is 17.2. The summed E-state index contributed by atoms with van der Waals surface area (Å²) in [6.45, 7) is 2.71. The van der Waals surface area contributed by atoms with E-state index in [1.165, 1.54) is 4.68 Å². The highest BCUT2D eigenvalue weighted by Gasteiger charge is 2.23. The Morgan fingerprint density at radius 3 is 2.50 bits per heavy atom. The topological polar surface area (TPSA) is 98.2 Å². The van der Waals surface area contributed by atoms with Crippen LogP contribution in [0.1, 0.15) is 42.1 Å². The predicted molar refractivity (Wildman–Crippen MR) is 121 cm³/mol. The molecule has 2 heterocycles. The maximum atomic E-state index is 12.9. The van der Waals surface area contributed by atoms with Crippen LogP contribution in [0.15, 0.2) is 59.7 Å². The lowest BCUT2D eigenvalue weighted by molar-refractivity contribution is 0.0955. The molecule has 2 aromatic heterocycles. The minimum atomic E-state index is -0.258. The van der Waals surface area contributed by atoms with Crippen LogP contribution < -0.4 is 11.1 Å². The van der Waals surface area contributed by atoms with Gasteiger partial charge in [-0.1, -0.05) is 62.2 Å². The number of aromatic nitrogens is 3. The Labute approximate surface area is 174 Å². The van der Waals surface area contributed by atoms with Crippen LogP contribution in [0.25, 0.3) is 22.2 Å². The van der Waals surface area contributed by atoms with Gasteiger partial charge in [-0.25, -0.2) is 9.97 Å². The van der Waals surface area contributed by atoms with E-state index >= 15 is 0 Å². The Morgan fingerprint density at radius 2 is 1.77 bits per heavy atom. The molecule has 30 heavy (non-hydrogen) atoms. The number of hydrogen-bond acceptors (Lipinski definition) is 5. The van der Waals surface area contributed by atoms with E-state index in [-0.39, 0.29) is 11.7 Å². The van der Waals surface area contributed by atoms with Gasteiger partial charge in [-0.05, 0) is 24.1 Å². The maximum absolute atomic E-state index is 12.9. The molecule has 1 amide bonds. The van der Waals surface area contributed by atoms with Gasteiger partial charge in [0, 0.05) is 6.54 Å². The molecule has 3 N–H and O–H groups in total. The number of amides is 1. The summed E-state index contributed by atoms with van der Waals surface area (Å²) < 4.78 is 1.49. The second-order valence-electron chi connectivity index (χ2n) is 7.07. The molecule has 0 aliphatic carbocycles. The number of carbonyl (C=O) groups is 1. The molecule has 0 atom stereocenters. The largest absolute Gasteiger partial charge is 0.383 e. The fraction of sp³-hybridized carbons (Fsp3) is 0.217. The molecule has 4 aromatic rings. The third kappa shape index (κ3) is 3.87. The third-order valence-electron chi connectivity index (χ3n) is 4.89. The van der Waals surface area contributed by atoms with Crippen molar-refractivity contribution in [2.45, 2.75) is 26.2 Å². The van der Waals surface area contributed by atoms with Crippen LogP contribution in [0, 0.1) is 0 Å². The first kappa shape index (κ1) is 19.6. The summed E-state index contributed by atoms with van der Waals surface area (Å²) >= 11 is 0. The molecule has 0 bridgehead atoms. The lowest BCUT2D eigenvalue weighted by Crippen LogP contribution is -2.25. The van der Waals surface area contributed by atoms with Gasteiger partial charge >= 0.3 is 0 Å². The van der Waals surface area contributed by atoms with E-state index in [0.29, 0.717) is 34.3 Å². The van der Waals surface area contributed by atoms with Crippen molar-refractivity contribution >= 4 is 40.1 Å². The summed E-state index contributed by atoms with van der Waals surface area (Å²) in [4.78, 5) is 22.3. The quantitative estimate of drug-likeness (QED) is 0.362. The maximum Gasteiger partial charge on any atom is 0.257 e. The van der Waals surface area contributed by atoms with Gasteiger partial charge in [-0.2, -0.15) is 9.78 Å².